The molecule has 2 aliphatic rings. The number of likely N-dealkylation sites (tertiary alicyclic amines) is 2. The van der Waals surface area contributed by atoms with Crippen LogP contribution in [0.2, 0.25) is 0 Å². The lowest BCUT2D eigenvalue weighted by atomic mass is 10.1. The maximum absolute atomic E-state index is 12.3. The van der Waals surface area contributed by atoms with E-state index in [0.29, 0.717) is 38.9 Å². The van der Waals surface area contributed by atoms with E-state index in [1.807, 2.05) is 0 Å². The third-order valence-electron chi connectivity index (χ3n) is 4.26. The normalized spacial score (nSPS) is 21.1. The van der Waals surface area contributed by atoms with E-state index >= 15 is 0 Å². The van der Waals surface area contributed by atoms with Gasteiger partial charge in [0.05, 0.1) is 19.7 Å². The summed E-state index contributed by atoms with van der Waals surface area (Å²) in [6, 6.07) is 0.110. The number of aliphatic hydroxyl groups is 1. The lowest BCUT2D eigenvalue weighted by Gasteiger charge is -2.26. The highest BCUT2D eigenvalue weighted by molar-refractivity contribution is 14.2. The predicted octanol–water partition coefficient (Wildman–Crippen LogP) is 2.76. The summed E-state index contributed by atoms with van der Waals surface area (Å²) in [5, 5.41) is 8.92. The Labute approximate surface area is 189 Å². The zero-order valence-electron chi connectivity index (χ0n) is 17.9. The van der Waals surface area contributed by atoms with Gasteiger partial charge in [0.2, 0.25) is 11.8 Å². The Balaban J connectivity index is 0.000000837. The first-order valence-corrected chi connectivity index (χ1v) is 14.0. The molecule has 0 aromatic rings. The minimum atomic E-state index is 0.0159. The van der Waals surface area contributed by atoms with E-state index in [0.717, 1.165) is 25.2 Å². The molecule has 2 heterocycles. The Hall–Kier alpha value is -0.510. The van der Waals surface area contributed by atoms with Crippen molar-refractivity contribution in [2.45, 2.75) is 65.0 Å². The molecular weight excluding hydrogens is 510 g/mol. The van der Waals surface area contributed by atoms with Gasteiger partial charge in [-0.1, -0.05) is 20.8 Å². The van der Waals surface area contributed by atoms with Gasteiger partial charge in [-0.05, 0) is 53.6 Å². The van der Waals surface area contributed by atoms with Crippen LogP contribution < -0.4 is 0 Å². The molecule has 170 valence electrons. The monoisotopic (exact) mass is 546 g/mol. The first-order chi connectivity index (χ1) is 13.8. The van der Waals surface area contributed by atoms with Crippen LogP contribution in [0.5, 0.6) is 0 Å². The van der Waals surface area contributed by atoms with Gasteiger partial charge in [-0.25, -0.2) is 0 Å². The number of aliphatic hydroxyl groups excluding tert-OH is 1. The van der Waals surface area contributed by atoms with Crippen molar-refractivity contribution in [1.82, 2.24) is 9.80 Å². The van der Waals surface area contributed by atoms with Gasteiger partial charge >= 0.3 is 0 Å². The van der Waals surface area contributed by atoms with E-state index in [1.165, 1.54) is 7.11 Å². The molecule has 0 aromatic heterocycles. The SMILES string of the molecule is CC(C)C.COC=O.O=C(CN1C(=O)CCC1CCCO)N1CCC(OPI)C1. The van der Waals surface area contributed by atoms with E-state index in [2.05, 4.69) is 47.5 Å². The van der Waals surface area contributed by atoms with Gasteiger partial charge in [-0.3, -0.25) is 14.4 Å². The first-order valence-electron chi connectivity index (χ1n) is 9.96. The van der Waals surface area contributed by atoms with Crippen LogP contribution in [0.25, 0.3) is 0 Å². The van der Waals surface area contributed by atoms with Gasteiger partial charge in [0.1, 0.15) is 6.54 Å². The molecule has 3 unspecified atom stereocenters. The van der Waals surface area contributed by atoms with Crippen LogP contribution in [-0.4, -0.2) is 78.7 Å². The standard InChI is InChI=1S/C13H22IN2O4P.C4H10.C2H4O2/c14-21-20-11-5-6-15(8-11)13(19)9-16-10(2-1-7-17)3-4-12(16)18;1-4(2)3;1-4-2-3/h10-11,17,21H,1-9H2;4H,1-3H3;2H,1H3. The Morgan fingerprint density at radius 3 is 2.52 bits per heavy atom. The lowest BCUT2D eigenvalue weighted by Crippen LogP contribution is -2.43. The first kappa shape index (κ1) is 28.5. The maximum Gasteiger partial charge on any atom is 0.292 e. The molecule has 1 N–H and O–H groups in total. The summed E-state index contributed by atoms with van der Waals surface area (Å²) in [4.78, 5) is 36.7. The fourth-order valence-corrected chi connectivity index (χ4v) is 4.39. The summed E-state index contributed by atoms with van der Waals surface area (Å²) in [5.74, 6) is 0.911. The van der Waals surface area contributed by atoms with Crippen LogP contribution in [0.3, 0.4) is 0 Å². The van der Waals surface area contributed by atoms with Gasteiger partial charge in [-0.2, -0.15) is 0 Å². The van der Waals surface area contributed by atoms with Gasteiger partial charge in [0, 0.05) is 32.2 Å². The summed E-state index contributed by atoms with van der Waals surface area (Å²) in [5.41, 5.74) is 0. The number of hydrogen-bond donors (Lipinski definition) is 1. The van der Waals surface area contributed by atoms with E-state index in [1.54, 1.807) is 9.80 Å². The Morgan fingerprint density at radius 1 is 1.38 bits per heavy atom. The number of halogens is 1. The molecule has 0 bridgehead atoms. The molecule has 0 aromatic carbocycles. The molecule has 10 heteroatoms. The van der Waals surface area contributed by atoms with Crippen LogP contribution in [0.4, 0.5) is 0 Å². The quantitative estimate of drug-likeness (QED) is 0.286. The number of hydrogen-bond acceptors (Lipinski definition) is 6. The van der Waals surface area contributed by atoms with Crippen molar-refractivity contribution in [2.75, 3.05) is 33.4 Å². The van der Waals surface area contributed by atoms with Crippen LogP contribution in [0.1, 0.15) is 52.9 Å². The van der Waals surface area contributed by atoms with E-state index in [4.69, 9.17) is 14.4 Å². The zero-order valence-corrected chi connectivity index (χ0v) is 21.1. The Morgan fingerprint density at radius 2 is 2.00 bits per heavy atom. The van der Waals surface area contributed by atoms with Crippen molar-refractivity contribution < 1.29 is 28.8 Å². The lowest BCUT2D eigenvalue weighted by molar-refractivity contribution is -0.139. The second-order valence-corrected chi connectivity index (χ2v) is 9.30. The molecule has 0 aliphatic carbocycles. The number of methoxy groups -OCH3 is 1. The van der Waals surface area contributed by atoms with Crippen molar-refractivity contribution in [3.8, 4) is 0 Å². The van der Waals surface area contributed by atoms with Crippen molar-refractivity contribution >= 4 is 46.8 Å². The summed E-state index contributed by atoms with van der Waals surface area (Å²) in [6.45, 7) is 8.95. The highest BCUT2D eigenvalue weighted by atomic mass is 127. The minimum absolute atomic E-state index is 0.0159. The number of amides is 2. The third-order valence-corrected chi connectivity index (χ3v) is 5.44. The van der Waals surface area contributed by atoms with Crippen LogP contribution in [0, 0.1) is 5.92 Å². The number of ether oxygens (including phenoxy) is 1. The number of carbonyl (C=O) groups excluding carboxylic acids is 3. The highest BCUT2D eigenvalue weighted by Crippen LogP contribution is 2.28. The van der Waals surface area contributed by atoms with Crippen molar-refractivity contribution in [2.24, 2.45) is 5.92 Å². The van der Waals surface area contributed by atoms with E-state index in [9.17, 15) is 9.59 Å². The largest absolute Gasteiger partial charge is 0.471 e. The summed E-state index contributed by atoms with van der Waals surface area (Å²) in [7, 11) is 1.31. The molecule has 2 amide bonds. The molecule has 0 saturated carbocycles. The van der Waals surface area contributed by atoms with E-state index in [-0.39, 0.29) is 37.1 Å². The molecule has 2 saturated heterocycles. The van der Waals surface area contributed by atoms with Crippen molar-refractivity contribution in [3.63, 3.8) is 0 Å². The smallest absolute Gasteiger partial charge is 0.292 e. The van der Waals surface area contributed by atoms with Crippen molar-refractivity contribution in [1.29, 1.82) is 0 Å². The molecule has 2 fully saturated rings. The minimum Gasteiger partial charge on any atom is -0.471 e. The maximum atomic E-state index is 12.3. The van der Waals surface area contributed by atoms with Gasteiger partial charge < -0.3 is 24.2 Å². The van der Waals surface area contributed by atoms with Crippen LogP contribution in [-0.2, 0) is 23.6 Å². The Bertz CT molecular complexity index is 481. The van der Waals surface area contributed by atoms with Crippen molar-refractivity contribution in [3.05, 3.63) is 0 Å². The molecular formula is C19H36IN2O6P. The summed E-state index contributed by atoms with van der Waals surface area (Å²) >= 11 is 2.19. The highest BCUT2D eigenvalue weighted by Gasteiger charge is 2.34. The fourth-order valence-electron chi connectivity index (χ4n) is 3.00. The molecule has 2 aliphatic heterocycles. The average molecular weight is 546 g/mol. The van der Waals surface area contributed by atoms with Crippen LogP contribution in [0.15, 0.2) is 0 Å². The number of nitrogens with zero attached hydrogens (tertiary/aromatic N) is 2. The van der Waals surface area contributed by atoms with E-state index < -0.39 is 0 Å². The molecule has 0 radical (unpaired) electrons. The Kier molecular flexibility index (Phi) is 16.9. The topological polar surface area (TPSA) is 96.4 Å². The second-order valence-electron chi connectivity index (χ2n) is 7.59. The average Bonchev–Trinajstić information content (AvgIpc) is 3.28. The van der Waals surface area contributed by atoms with Gasteiger partial charge in [0.25, 0.3) is 6.47 Å². The van der Waals surface area contributed by atoms with Gasteiger partial charge in [-0.15, -0.1) is 0 Å². The van der Waals surface area contributed by atoms with Crippen LogP contribution >= 0.6 is 28.5 Å². The summed E-state index contributed by atoms with van der Waals surface area (Å²) < 4.78 is 9.42. The third kappa shape index (κ3) is 12.7. The predicted molar refractivity (Wildman–Crippen MR) is 123 cm³/mol. The molecule has 2 rings (SSSR count). The zero-order chi connectivity index (χ0) is 22.2. The molecule has 8 nitrogen and oxygen atoms in total. The molecule has 3 atom stereocenters. The molecule has 29 heavy (non-hydrogen) atoms. The number of carbonyl (C=O) groups is 3. The van der Waals surface area contributed by atoms with Gasteiger partial charge in [0.15, 0.2) is 0 Å². The fraction of sp³-hybridized carbons (Fsp3) is 0.842. The molecule has 0 spiro atoms. The second kappa shape index (κ2) is 17.2. The summed E-state index contributed by atoms with van der Waals surface area (Å²) in [6.07, 6.45) is 3.79. The number of rotatable bonds is 8.